The molecule has 2 aliphatic heterocycles. The monoisotopic (exact) mass is 306 g/mol. The smallest absolute Gasteiger partial charge is 0.322 e. The second-order valence-corrected chi connectivity index (χ2v) is 7.40. The molecule has 2 fully saturated rings. The molecule has 2 aliphatic rings. The highest BCUT2D eigenvalue weighted by Gasteiger charge is 2.38. The standard InChI is InChI=1S/C12H22N2O5S/c1-12(6-4-8-19-12)9-13-20(17,18)14-7-3-2-5-10(14)11(15)16/h10,13H,2-9H2,1H3,(H,15,16). The zero-order valence-electron chi connectivity index (χ0n) is 11.7. The quantitative estimate of drug-likeness (QED) is 0.763. The number of carboxylic acids is 1. The van der Waals surface area contributed by atoms with Gasteiger partial charge in [0.05, 0.1) is 5.60 Å². The largest absolute Gasteiger partial charge is 0.480 e. The van der Waals surface area contributed by atoms with Crippen molar-refractivity contribution < 1.29 is 23.1 Å². The van der Waals surface area contributed by atoms with E-state index >= 15 is 0 Å². The average Bonchev–Trinajstić information content (AvgIpc) is 2.84. The van der Waals surface area contributed by atoms with Gasteiger partial charge in [-0.3, -0.25) is 4.79 Å². The second-order valence-electron chi connectivity index (χ2n) is 5.69. The molecule has 7 nitrogen and oxygen atoms in total. The zero-order chi connectivity index (χ0) is 14.8. The van der Waals surface area contributed by atoms with E-state index in [1.807, 2.05) is 6.92 Å². The average molecular weight is 306 g/mol. The molecule has 2 unspecified atom stereocenters. The summed E-state index contributed by atoms with van der Waals surface area (Å²) in [5.74, 6) is -1.08. The normalized spacial score (nSPS) is 32.4. The molecule has 0 amide bonds. The number of hydrogen-bond acceptors (Lipinski definition) is 4. The van der Waals surface area contributed by atoms with Crippen molar-refractivity contribution in [3.05, 3.63) is 0 Å². The maximum atomic E-state index is 12.3. The number of aliphatic carboxylic acids is 1. The molecular weight excluding hydrogens is 284 g/mol. The number of nitrogens with one attached hydrogen (secondary N) is 1. The summed E-state index contributed by atoms with van der Waals surface area (Å²) in [6.45, 7) is 2.94. The van der Waals surface area contributed by atoms with Crippen molar-refractivity contribution in [3.63, 3.8) is 0 Å². The van der Waals surface area contributed by atoms with Gasteiger partial charge in [-0.2, -0.15) is 17.4 Å². The van der Waals surface area contributed by atoms with Crippen molar-refractivity contribution in [1.82, 2.24) is 9.03 Å². The van der Waals surface area contributed by atoms with Crippen molar-refractivity contribution in [2.75, 3.05) is 19.7 Å². The van der Waals surface area contributed by atoms with Gasteiger partial charge in [-0.1, -0.05) is 0 Å². The van der Waals surface area contributed by atoms with Crippen molar-refractivity contribution in [2.45, 2.75) is 50.7 Å². The van der Waals surface area contributed by atoms with Gasteiger partial charge in [0.1, 0.15) is 6.04 Å². The van der Waals surface area contributed by atoms with Crippen LogP contribution in [0.4, 0.5) is 0 Å². The molecule has 20 heavy (non-hydrogen) atoms. The Bertz CT molecular complexity index is 458. The van der Waals surface area contributed by atoms with Gasteiger partial charge in [0.2, 0.25) is 0 Å². The van der Waals surface area contributed by atoms with Crippen LogP contribution in [0.1, 0.15) is 39.0 Å². The van der Waals surface area contributed by atoms with Crippen molar-refractivity contribution in [1.29, 1.82) is 0 Å². The lowest BCUT2D eigenvalue weighted by molar-refractivity contribution is -0.142. The predicted octanol–water partition coefficient (Wildman–Crippen LogP) is 0.329. The summed E-state index contributed by atoms with van der Waals surface area (Å²) in [7, 11) is -3.78. The zero-order valence-corrected chi connectivity index (χ0v) is 12.5. The molecule has 2 atom stereocenters. The van der Waals surface area contributed by atoms with E-state index in [-0.39, 0.29) is 13.1 Å². The Labute approximate surface area is 119 Å². The summed E-state index contributed by atoms with van der Waals surface area (Å²) < 4.78 is 33.7. The van der Waals surface area contributed by atoms with Crippen LogP contribution < -0.4 is 4.72 Å². The van der Waals surface area contributed by atoms with Gasteiger partial charge >= 0.3 is 5.97 Å². The first kappa shape index (κ1) is 15.7. The van der Waals surface area contributed by atoms with Gasteiger partial charge in [-0.25, -0.2) is 0 Å². The highest BCUT2D eigenvalue weighted by Crippen LogP contribution is 2.25. The molecule has 0 bridgehead atoms. The summed E-state index contributed by atoms with van der Waals surface area (Å²) in [5, 5.41) is 9.14. The lowest BCUT2D eigenvalue weighted by Crippen LogP contribution is -2.54. The fraction of sp³-hybridized carbons (Fsp3) is 0.917. The Morgan fingerprint density at radius 3 is 2.80 bits per heavy atom. The Morgan fingerprint density at radius 2 is 2.20 bits per heavy atom. The lowest BCUT2D eigenvalue weighted by atomic mass is 10.0. The van der Waals surface area contributed by atoms with E-state index in [0.29, 0.717) is 19.4 Å². The molecule has 0 aromatic carbocycles. The Balaban J connectivity index is 2.02. The number of ether oxygens (including phenoxy) is 1. The van der Waals surface area contributed by atoms with Crippen molar-refractivity contribution in [3.8, 4) is 0 Å². The van der Waals surface area contributed by atoms with Crippen LogP contribution in [0.25, 0.3) is 0 Å². The number of nitrogens with zero attached hydrogens (tertiary/aromatic N) is 1. The molecule has 2 saturated heterocycles. The maximum absolute atomic E-state index is 12.3. The number of carbonyl (C=O) groups is 1. The molecule has 2 rings (SSSR count). The van der Waals surface area contributed by atoms with E-state index in [2.05, 4.69) is 4.72 Å². The molecule has 8 heteroatoms. The lowest BCUT2D eigenvalue weighted by Gasteiger charge is -2.33. The van der Waals surface area contributed by atoms with E-state index in [9.17, 15) is 13.2 Å². The van der Waals surface area contributed by atoms with Crippen molar-refractivity contribution in [2.24, 2.45) is 0 Å². The fourth-order valence-corrected chi connectivity index (χ4v) is 4.30. The summed E-state index contributed by atoms with van der Waals surface area (Å²) in [6, 6.07) is -0.960. The molecule has 2 N–H and O–H groups in total. The Morgan fingerprint density at radius 1 is 1.45 bits per heavy atom. The van der Waals surface area contributed by atoms with Crippen LogP contribution in [0.3, 0.4) is 0 Å². The molecule has 116 valence electrons. The summed E-state index contributed by atoms with van der Waals surface area (Å²) in [5.41, 5.74) is -0.485. The van der Waals surface area contributed by atoms with Crippen LogP contribution in [0.15, 0.2) is 0 Å². The van der Waals surface area contributed by atoms with Crippen LogP contribution in [0, 0.1) is 0 Å². The van der Waals surface area contributed by atoms with Gasteiger partial charge in [0, 0.05) is 19.7 Å². The number of carboxylic acid groups (broad SMARTS) is 1. The maximum Gasteiger partial charge on any atom is 0.322 e. The topological polar surface area (TPSA) is 95.9 Å². The minimum atomic E-state index is -3.78. The molecule has 0 spiro atoms. The first-order valence-corrected chi connectivity index (χ1v) is 8.41. The van der Waals surface area contributed by atoms with Crippen LogP contribution in [-0.2, 0) is 19.7 Å². The first-order chi connectivity index (χ1) is 9.34. The summed E-state index contributed by atoms with van der Waals surface area (Å²) in [6.07, 6.45) is 3.52. The van der Waals surface area contributed by atoms with Gasteiger partial charge in [0.15, 0.2) is 0 Å². The van der Waals surface area contributed by atoms with Gasteiger partial charge in [-0.05, 0) is 39.0 Å². The highest BCUT2D eigenvalue weighted by atomic mass is 32.2. The molecule has 0 aromatic heterocycles. The number of piperidine rings is 1. The van der Waals surface area contributed by atoms with Crippen LogP contribution in [0.5, 0.6) is 0 Å². The van der Waals surface area contributed by atoms with Crippen molar-refractivity contribution >= 4 is 16.2 Å². The summed E-state index contributed by atoms with van der Waals surface area (Å²) in [4.78, 5) is 11.2. The van der Waals surface area contributed by atoms with Gasteiger partial charge in [-0.15, -0.1) is 0 Å². The Hall–Kier alpha value is -0.700. The van der Waals surface area contributed by atoms with E-state index in [0.717, 1.165) is 23.6 Å². The van der Waals surface area contributed by atoms with E-state index in [4.69, 9.17) is 9.84 Å². The predicted molar refractivity (Wildman–Crippen MR) is 72.5 cm³/mol. The van der Waals surface area contributed by atoms with E-state index in [1.54, 1.807) is 0 Å². The SMILES string of the molecule is CC1(CNS(=O)(=O)N2CCCCC2C(=O)O)CCCO1. The molecular formula is C12H22N2O5S. The molecule has 0 saturated carbocycles. The molecule has 0 radical (unpaired) electrons. The third-order valence-corrected chi connectivity index (χ3v) is 5.54. The molecule has 0 aromatic rings. The fourth-order valence-electron chi connectivity index (χ4n) is 2.74. The Kier molecular flexibility index (Phi) is 4.68. The molecule has 2 heterocycles. The number of hydrogen-bond donors (Lipinski definition) is 2. The third kappa shape index (κ3) is 3.49. The van der Waals surface area contributed by atoms with Gasteiger partial charge < -0.3 is 9.84 Å². The van der Waals surface area contributed by atoms with Crippen LogP contribution >= 0.6 is 0 Å². The third-order valence-electron chi connectivity index (χ3n) is 3.98. The van der Waals surface area contributed by atoms with E-state index < -0.39 is 27.8 Å². The highest BCUT2D eigenvalue weighted by molar-refractivity contribution is 7.87. The second kappa shape index (κ2) is 5.97. The summed E-state index contributed by atoms with van der Waals surface area (Å²) >= 11 is 0. The van der Waals surface area contributed by atoms with Gasteiger partial charge in [0.25, 0.3) is 10.2 Å². The van der Waals surface area contributed by atoms with E-state index in [1.165, 1.54) is 0 Å². The minimum absolute atomic E-state index is 0.179. The van der Waals surface area contributed by atoms with Crippen LogP contribution in [-0.4, -0.2) is 55.1 Å². The first-order valence-electron chi connectivity index (χ1n) is 6.97. The number of rotatable bonds is 5. The molecule has 0 aliphatic carbocycles. The van der Waals surface area contributed by atoms with Crippen LogP contribution in [0.2, 0.25) is 0 Å². The minimum Gasteiger partial charge on any atom is -0.480 e.